The van der Waals surface area contributed by atoms with Gasteiger partial charge >= 0.3 is 6.18 Å². The van der Waals surface area contributed by atoms with Crippen molar-refractivity contribution >= 4 is 0 Å². The van der Waals surface area contributed by atoms with E-state index in [0.29, 0.717) is 6.04 Å². The first-order chi connectivity index (χ1) is 10.0. The van der Waals surface area contributed by atoms with E-state index in [0.717, 1.165) is 49.8 Å². The molecule has 1 aromatic carbocycles. The smallest absolute Gasteiger partial charge is 0.314 e. The first-order valence-corrected chi connectivity index (χ1v) is 7.90. The lowest BCUT2D eigenvalue weighted by atomic mass is 10.0. The van der Waals surface area contributed by atoms with E-state index in [1.165, 1.54) is 25.0 Å². The summed E-state index contributed by atoms with van der Waals surface area (Å²) < 4.78 is 38.0. The Morgan fingerprint density at radius 2 is 2.05 bits per heavy atom. The fourth-order valence-electron chi connectivity index (χ4n) is 2.76. The van der Waals surface area contributed by atoms with E-state index >= 15 is 0 Å². The van der Waals surface area contributed by atoms with E-state index in [1.807, 2.05) is 0 Å². The standard InChI is InChI=1S/C17H24F3N/c1-2-11-21-16(14-9-10-14)8-4-6-13-5-3-7-15(12-13)17(18,19)20/h3,5,7,12,14,16,21H,2,4,6,8-11H2,1H3. The van der Waals surface area contributed by atoms with Gasteiger partial charge in [-0.3, -0.25) is 0 Å². The first-order valence-electron chi connectivity index (χ1n) is 7.90. The van der Waals surface area contributed by atoms with Gasteiger partial charge in [-0.15, -0.1) is 0 Å². The maximum atomic E-state index is 12.7. The molecule has 0 heterocycles. The molecule has 0 saturated heterocycles. The predicted molar refractivity (Wildman–Crippen MR) is 79.2 cm³/mol. The number of alkyl halides is 3. The van der Waals surface area contributed by atoms with E-state index in [2.05, 4.69) is 12.2 Å². The zero-order valence-corrected chi connectivity index (χ0v) is 12.5. The molecule has 1 fully saturated rings. The highest BCUT2D eigenvalue weighted by atomic mass is 19.4. The van der Waals surface area contributed by atoms with Gasteiger partial charge in [0.2, 0.25) is 0 Å². The van der Waals surface area contributed by atoms with Gasteiger partial charge in [0.25, 0.3) is 0 Å². The summed E-state index contributed by atoms with van der Waals surface area (Å²) in [5.41, 5.74) is 0.248. The Kier molecular flexibility index (Phi) is 5.68. The van der Waals surface area contributed by atoms with Crippen LogP contribution in [0.1, 0.15) is 50.2 Å². The molecule has 1 aromatic rings. The number of hydrogen-bond acceptors (Lipinski definition) is 1. The molecule has 0 radical (unpaired) electrons. The topological polar surface area (TPSA) is 12.0 Å². The number of rotatable bonds is 8. The van der Waals surface area contributed by atoms with Gasteiger partial charge in [-0.25, -0.2) is 0 Å². The molecule has 1 aliphatic rings. The highest BCUT2D eigenvalue weighted by molar-refractivity contribution is 5.25. The summed E-state index contributed by atoms with van der Waals surface area (Å²) >= 11 is 0. The average Bonchev–Trinajstić information content (AvgIpc) is 3.26. The second-order valence-electron chi connectivity index (χ2n) is 5.99. The van der Waals surface area contributed by atoms with E-state index < -0.39 is 11.7 Å². The van der Waals surface area contributed by atoms with E-state index in [-0.39, 0.29) is 0 Å². The van der Waals surface area contributed by atoms with Crippen LogP contribution >= 0.6 is 0 Å². The van der Waals surface area contributed by atoms with Gasteiger partial charge in [0.05, 0.1) is 5.56 Å². The van der Waals surface area contributed by atoms with Gasteiger partial charge in [0, 0.05) is 6.04 Å². The van der Waals surface area contributed by atoms with Crippen molar-refractivity contribution in [3.63, 3.8) is 0 Å². The SMILES string of the molecule is CCCNC(CCCc1cccc(C(F)(F)F)c1)C1CC1. The Labute approximate surface area is 124 Å². The molecular formula is C17H24F3N. The second-order valence-corrected chi connectivity index (χ2v) is 5.99. The lowest BCUT2D eigenvalue weighted by molar-refractivity contribution is -0.137. The van der Waals surface area contributed by atoms with Crippen LogP contribution in [0.3, 0.4) is 0 Å². The van der Waals surface area contributed by atoms with Crippen molar-refractivity contribution in [1.29, 1.82) is 0 Å². The monoisotopic (exact) mass is 299 g/mol. The van der Waals surface area contributed by atoms with Crippen LogP contribution in [-0.4, -0.2) is 12.6 Å². The van der Waals surface area contributed by atoms with Crippen LogP contribution in [0, 0.1) is 5.92 Å². The van der Waals surface area contributed by atoms with Gasteiger partial charge in [-0.1, -0.05) is 25.1 Å². The summed E-state index contributed by atoms with van der Waals surface area (Å²) in [6, 6.07) is 6.27. The quantitative estimate of drug-likeness (QED) is 0.726. The Morgan fingerprint density at radius 1 is 1.29 bits per heavy atom. The summed E-state index contributed by atoms with van der Waals surface area (Å²) in [7, 11) is 0. The van der Waals surface area contributed by atoms with Crippen molar-refractivity contribution in [1.82, 2.24) is 5.32 Å². The fraction of sp³-hybridized carbons (Fsp3) is 0.647. The van der Waals surface area contributed by atoms with E-state index in [9.17, 15) is 13.2 Å². The van der Waals surface area contributed by atoms with Crippen LogP contribution in [0.5, 0.6) is 0 Å². The molecule has 118 valence electrons. The van der Waals surface area contributed by atoms with Gasteiger partial charge in [-0.2, -0.15) is 13.2 Å². The van der Waals surface area contributed by atoms with E-state index in [4.69, 9.17) is 0 Å². The van der Waals surface area contributed by atoms with Crippen molar-refractivity contribution in [3.05, 3.63) is 35.4 Å². The van der Waals surface area contributed by atoms with Gasteiger partial charge < -0.3 is 5.32 Å². The summed E-state index contributed by atoms with van der Waals surface area (Å²) in [6.45, 7) is 3.18. The Morgan fingerprint density at radius 3 is 2.67 bits per heavy atom. The summed E-state index contributed by atoms with van der Waals surface area (Å²) in [6.07, 6.45) is 2.20. The largest absolute Gasteiger partial charge is 0.416 e. The highest BCUT2D eigenvalue weighted by Crippen LogP contribution is 2.35. The zero-order valence-electron chi connectivity index (χ0n) is 12.5. The highest BCUT2D eigenvalue weighted by Gasteiger charge is 2.31. The number of hydrogen-bond donors (Lipinski definition) is 1. The molecule has 0 aliphatic heterocycles. The van der Waals surface area contributed by atoms with Gasteiger partial charge in [0.15, 0.2) is 0 Å². The molecule has 2 rings (SSSR count). The predicted octanol–water partition coefficient (Wildman–Crippen LogP) is 4.81. The summed E-state index contributed by atoms with van der Waals surface area (Å²) in [4.78, 5) is 0. The Balaban J connectivity index is 1.82. The number of nitrogens with one attached hydrogen (secondary N) is 1. The van der Waals surface area contributed by atoms with Crippen LogP contribution in [0.25, 0.3) is 0 Å². The summed E-state index contributed by atoms with van der Waals surface area (Å²) in [5.74, 6) is 0.790. The Hall–Kier alpha value is -1.03. The third-order valence-corrected chi connectivity index (χ3v) is 4.08. The summed E-state index contributed by atoms with van der Waals surface area (Å²) in [5, 5.41) is 3.57. The minimum atomic E-state index is -4.24. The normalized spacial score (nSPS) is 17.0. The van der Waals surface area contributed by atoms with Crippen LogP contribution in [-0.2, 0) is 12.6 Å². The maximum Gasteiger partial charge on any atom is 0.416 e. The van der Waals surface area contributed by atoms with Crippen LogP contribution < -0.4 is 5.32 Å². The molecule has 0 spiro atoms. The minimum absolute atomic E-state index is 0.539. The Bertz CT molecular complexity index is 438. The zero-order chi connectivity index (χ0) is 15.3. The number of benzene rings is 1. The molecule has 1 unspecified atom stereocenters. The third kappa shape index (κ3) is 5.34. The van der Waals surface area contributed by atoms with Crippen molar-refractivity contribution < 1.29 is 13.2 Å². The fourth-order valence-corrected chi connectivity index (χ4v) is 2.76. The molecule has 1 N–H and O–H groups in total. The van der Waals surface area contributed by atoms with Gasteiger partial charge in [-0.05, 0) is 62.6 Å². The molecule has 1 atom stereocenters. The second kappa shape index (κ2) is 7.30. The van der Waals surface area contributed by atoms with Crippen molar-refractivity contribution in [2.45, 2.75) is 57.7 Å². The van der Waals surface area contributed by atoms with E-state index in [1.54, 1.807) is 6.07 Å². The molecule has 0 amide bonds. The molecular weight excluding hydrogens is 275 g/mol. The van der Waals surface area contributed by atoms with Crippen LogP contribution in [0.2, 0.25) is 0 Å². The van der Waals surface area contributed by atoms with Crippen molar-refractivity contribution in [3.8, 4) is 0 Å². The number of halogens is 3. The lowest BCUT2D eigenvalue weighted by Gasteiger charge is -2.18. The lowest BCUT2D eigenvalue weighted by Crippen LogP contribution is -2.31. The molecule has 1 saturated carbocycles. The third-order valence-electron chi connectivity index (χ3n) is 4.08. The maximum absolute atomic E-state index is 12.7. The molecule has 0 aromatic heterocycles. The molecule has 1 nitrogen and oxygen atoms in total. The van der Waals surface area contributed by atoms with Crippen LogP contribution in [0.4, 0.5) is 13.2 Å². The molecule has 0 bridgehead atoms. The average molecular weight is 299 g/mol. The molecule has 21 heavy (non-hydrogen) atoms. The van der Waals surface area contributed by atoms with Gasteiger partial charge in [0.1, 0.15) is 0 Å². The minimum Gasteiger partial charge on any atom is -0.314 e. The van der Waals surface area contributed by atoms with Crippen molar-refractivity contribution in [2.24, 2.45) is 5.92 Å². The van der Waals surface area contributed by atoms with Crippen molar-refractivity contribution in [2.75, 3.05) is 6.54 Å². The molecule has 1 aliphatic carbocycles. The first kappa shape index (κ1) is 16.3. The molecule has 4 heteroatoms. The van der Waals surface area contributed by atoms with Crippen LogP contribution in [0.15, 0.2) is 24.3 Å². The number of aryl methyl sites for hydroxylation is 1.